The summed E-state index contributed by atoms with van der Waals surface area (Å²) < 4.78 is 11.2. The standard InChI is InChI=1S/C22H25NO5/c1-14-10-15(12-23)20(13-27-18-6-2-4-16(24)11-18)19(14)7-3-5-17-8-9-21(28-17)22(25)26/h2,4,6,8-9,11,14-15,19-20,24H,3,5,7,10,13H2,1H3,(H,25,26)/t14?,15?,19-,20?/m0/s1. The highest BCUT2D eigenvalue weighted by Gasteiger charge is 2.41. The maximum absolute atomic E-state index is 10.9. The van der Waals surface area contributed by atoms with Crippen molar-refractivity contribution in [1.82, 2.24) is 0 Å². The lowest BCUT2D eigenvalue weighted by Crippen LogP contribution is -2.23. The zero-order valence-corrected chi connectivity index (χ0v) is 15.9. The fourth-order valence-corrected chi connectivity index (χ4v) is 4.26. The number of ether oxygens (including phenoxy) is 1. The number of phenols is 1. The third-order valence-electron chi connectivity index (χ3n) is 5.68. The number of hydrogen-bond donors (Lipinski definition) is 2. The van der Waals surface area contributed by atoms with Crippen molar-refractivity contribution < 1.29 is 24.2 Å². The second-order valence-electron chi connectivity index (χ2n) is 7.55. The molecule has 1 aliphatic rings. The van der Waals surface area contributed by atoms with E-state index in [1.807, 2.05) is 0 Å². The number of carboxylic acid groups (broad SMARTS) is 1. The molecule has 1 fully saturated rings. The molecule has 1 saturated carbocycles. The Kier molecular flexibility index (Phi) is 6.25. The number of nitriles is 1. The van der Waals surface area contributed by atoms with Gasteiger partial charge in [0.05, 0.1) is 18.6 Å². The number of nitrogens with zero attached hydrogens (tertiary/aromatic N) is 1. The number of carbonyl (C=O) groups is 1. The van der Waals surface area contributed by atoms with Crippen LogP contribution in [0.3, 0.4) is 0 Å². The van der Waals surface area contributed by atoms with Crippen LogP contribution in [0.5, 0.6) is 11.5 Å². The van der Waals surface area contributed by atoms with Gasteiger partial charge in [-0.15, -0.1) is 0 Å². The molecule has 4 atom stereocenters. The topological polar surface area (TPSA) is 104 Å². The van der Waals surface area contributed by atoms with Gasteiger partial charge in [0.1, 0.15) is 17.3 Å². The molecule has 1 heterocycles. The zero-order valence-electron chi connectivity index (χ0n) is 15.9. The van der Waals surface area contributed by atoms with Crippen LogP contribution < -0.4 is 4.74 Å². The minimum absolute atomic E-state index is 0.0360. The summed E-state index contributed by atoms with van der Waals surface area (Å²) in [5, 5.41) is 28.1. The van der Waals surface area contributed by atoms with Crippen LogP contribution in [0.15, 0.2) is 40.8 Å². The van der Waals surface area contributed by atoms with Crippen LogP contribution in [-0.4, -0.2) is 22.8 Å². The van der Waals surface area contributed by atoms with E-state index in [0.29, 0.717) is 36.4 Å². The predicted octanol–water partition coefficient (Wildman–Crippen LogP) is 4.50. The van der Waals surface area contributed by atoms with Gasteiger partial charge in [0, 0.05) is 18.4 Å². The molecule has 3 rings (SSSR count). The first kappa shape index (κ1) is 19.8. The Labute approximate surface area is 164 Å². The first-order valence-corrected chi connectivity index (χ1v) is 9.61. The molecule has 0 aliphatic heterocycles. The molecule has 28 heavy (non-hydrogen) atoms. The number of aryl methyl sites for hydroxylation is 1. The number of aromatic carboxylic acids is 1. The molecule has 0 radical (unpaired) electrons. The third kappa shape index (κ3) is 4.66. The first-order valence-electron chi connectivity index (χ1n) is 9.61. The first-order chi connectivity index (χ1) is 13.5. The summed E-state index contributed by atoms with van der Waals surface area (Å²) in [6.45, 7) is 2.62. The molecule has 148 valence electrons. The van der Waals surface area contributed by atoms with Crippen molar-refractivity contribution in [2.45, 2.75) is 32.6 Å². The van der Waals surface area contributed by atoms with Crippen LogP contribution >= 0.6 is 0 Å². The molecule has 6 nitrogen and oxygen atoms in total. The summed E-state index contributed by atoms with van der Waals surface area (Å²) in [6.07, 6.45) is 3.33. The van der Waals surface area contributed by atoms with E-state index in [1.165, 1.54) is 6.07 Å². The molecule has 0 saturated heterocycles. The third-order valence-corrected chi connectivity index (χ3v) is 5.68. The second kappa shape index (κ2) is 8.83. The van der Waals surface area contributed by atoms with Crippen molar-refractivity contribution in [2.75, 3.05) is 6.61 Å². The van der Waals surface area contributed by atoms with Gasteiger partial charge in [-0.05, 0) is 55.4 Å². The second-order valence-corrected chi connectivity index (χ2v) is 7.55. The molecule has 2 N–H and O–H groups in total. The molecule has 1 aliphatic carbocycles. The maximum Gasteiger partial charge on any atom is 0.371 e. The van der Waals surface area contributed by atoms with Crippen molar-refractivity contribution in [3.8, 4) is 17.6 Å². The normalized spacial score (nSPS) is 24.0. The number of aromatic hydroxyl groups is 1. The number of carboxylic acids is 1. The van der Waals surface area contributed by atoms with E-state index in [9.17, 15) is 15.2 Å². The maximum atomic E-state index is 10.9. The summed E-state index contributed by atoms with van der Waals surface area (Å²) in [5.41, 5.74) is 0. The summed E-state index contributed by atoms with van der Waals surface area (Å²) in [6, 6.07) is 12.3. The minimum atomic E-state index is -1.06. The minimum Gasteiger partial charge on any atom is -0.508 e. The van der Waals surface area contributed by atoms with Crippen molar-refractivity contribution in [3.63, 3.8) is 0 Å². The smallest absolute Gasteiger partial charge is 0.371 e. The van der Waals surface area contributed by atoms with E-state index in [1.54, 1.807) is 30.3 Å². The van der Waals surface area contributed by atoms with Crippen LogP contribution in [-0.2, 0) is 6.42 Å². The summed E-state index contributed by atoms with van der Waals surface area (Å²) >= 11 is 0. The quantitative estimate of drug-likeness (QED) is 0.696. The van der Waals surface area contributed by atoms with Crippen molar-refractivity contribution in [1.29, 1.82) is 5.26 Å². The van der Waals surface area contributed by atoms with E-state index in [-0.39, 0.29) is 23.3 Å². The lowest BCUT2D eigenvalue weighted by atomic mass is 9.84. The van der Waals surface area contributed by atoms with E-state index < -0.39 is 5.97 Å². The van der Waals surface area contributed by atoms with Gasteiger partial charge in [-0.2, -0.15) is 5.26 Å². The fraction of sp³-hybridized carbons (Fsp3) is 0.455. The monoisotopic (exact) mass is 383 g/mol. The van der Waals surface area contributed by atoms with Gasteiger partial charge in [-0.3, -0.25) is 0 Å². The Hall–Kier alpha value is -2.94. The molecule has 0 bridgehead atoms. The summed E-state index contributed by atoms with van der Waals surface area (Å²) in [4.78, 5) is 10.9. The number of rotatable bonds is 8. The Balaban J connectivity index is 1.58. The van der Waals surface area contributed by atoms with Crippen molar-refractivity contribution >= 4 is 5.97 Å². The molecule has 1 aromatic carbocycles. The molecule has 0 spiro atoms. The van der Waals surface area contributed by atoms with Gasteiger partial charge in [-0.1, -0.05) is 13.0 Å². The van der Waals surface area contributed by atoms with Crippen LogP contribution in [0.2, 0.25) is 0 Å². The summed E-state index contributed by atoms with van der Waals surface area (Å²) in [7, 11) is 0. The number of benzene rings is 1. The SMILES string of the molecule is CC1CC(C#N)C(COc2cccc(O)c2)[C@H]1CCCc1ccc(C(=O)O)o1. The molecule has 2 aromatic rings. The van der Waals surface area contributed by atoms with Gasteiger partial charge in [0.25, 0.3) is 0 Å². The zero-order chi connectivity index (χ0) is 20.1. The Morgan fingerprint density at radius 2 is 2.14 bits per heavy atom. The molecule has 3 unspecified atom stereocenters. The van der Waals surface area contributed by atoms with Crippen LogP contribution in [0.25, 0.3) is 0 Å². The van der Waals surface area contributed by atoms with E-state index in [4.69, 9.17) is 14.3 Å². The largest absolute Gasteiger partial charge is 0.508 e. The molecular formula is C22H25NO5. The molecule has 1 aromatic heterocycles. The fourth-order valence-electron chi connectivity index (χ4n) is 4.26. The Morgan fingerprint density at radius 1 is 1.32 bits per heavy atom. The molecular weight excluding hydrogens is 358 g/mol. The highest BCUT2D eigenvalue weighted by molar-refractivity contribution is 5.84. The van der Waals surface area contributed by atoms with Crippen LogP contribution in [0.4, 0.5) is 0 Å². The predicted molar refractivity (Wildman–Crippen MR) is 102 cm³/mol. The summed E-state index contributed by atoms with van der Waals surface area (Å²) in [5.74, 6) is 1.21. The lowest BCUT2D eigenvalue weighted by Gasteiger charge is -2.24. The van der Waals surface area contributed by atoms with Gasteiger partial charge in [0.15, 0.2) is 0 Å². The van der Waals surface area contributed by atoms with Crippen LogP contribution in [0.1, 0.15) is 42.5 Å². The van der Waals surface area contributed by atoms with Crippen LogP contribution in [0, 0.1) is 35.0 Å². The van der Waals surface area contributed by atoms with Gasteiger partial charge >= 0.3 is 5.97 Å². The van der Waals surface area contributed by atoms with Crippen molar-refractivity contribution in [2.24, 2.45) is 23.7 Å². The van der Waals surface area contributed by atoms with E-state index in [0.717, 1.165) is 19.3 Å². The van der Waals surface area contributed by atoms with Gasteiger partial charge < -0.3 is 19.4 Å². The van der Waals surface area contributed by atoms with E-state index in [2.05, 4.69) is 13.0 Å². The average Bonchev–Trinajstić information content (AvgIpc) is 3.25. The Bertz CT molecular complexity index is 853. The van der Waals surface area contributed by atoms with Gasteiger partial charge in [-0.25, -0.2) is 4.79 Å². The lowest BCUT2D eigenvalue weighted by molar-refractivity contribution is 0.0660. The van der Waals surface area contributed by atoms with E-state index >= 15 is 0 Å². The number of furan rings is 1. The average molecular weight is 383 g/mol. The van der Waals surface area contributed by atoms with Gasteiger partial charge in [0.2, 0.25) is 5.76 Å². The molecule has 0 amide bonds. The van der Waals surface area contributed by atoms with Crippen molar-refractivity contribution in [3.05, 3.63) is 47.9 Å². The number of hydrogen-bond acceptors (Lipinski definition) is 5. The number of phenolic OH excluding ortho intramolecular Hbond substituents is 1. The highest BCUT2D eigenvalue weighted by Crippen LogP contribution is 2.44. The highest BCUT2D eigenvalue weighted by atomic mass is 16.5. The Morgan fingerprint density at radius 3 is 2.82 bits per heavy atom. The molecule has 6 heteroatoms.